The first kappa shape index (κ1) is 17.0. The van der Waals surface area contributed by atoms with Gasteiger partial charge in [0.05, 0.1) is 12.1 Å². The molecule has 4 rings (SSSR count). The van der Waals surface area contributed by atoms with Gasteiger partial charge in [-0.1, -0.05) is 35.5 Å². The molecule has 1 aliphatic heterocycles. The van der Waals surface area contributed by atoms with Gasteiger partial charge < -0.3 is 14.2 Å². The monoisotopic (exact) mass is 390 g/mol. The van der Waals surface area contributed by atoms with Crippen molar-refractivity contribution in [3.05, 3.63) is 47.0 Å². The summed E-state index contributed by atoms with van der Waals surface area (Å²) in [5.41, 5.74) is 1.78. The van der Waals surface area contributed by atoms with Crippen LogP contribution in [-0.2, 0) is 5.75 Å². The van der Waals surface area contributed by atoms with Crippen LogP contribution < -0.4 is 14.2 Å². The number of ether oxygens (including phenoxy) is 3. The maximum Gasteiger partial charge on any atom is 0.214 e. The van der Waals surface area contributed by atoms with Gasteiger partial charge in [0.15, 0.2) is 11.5 Å². The number of tetrazole rings is 1. The second-order valence-corrected chi connectivity index (χ2v) is 6.79. The van der Waals surface area contributed by atoms with E-state index in [4.69, 9.17) is 25.8 Å². The highest BCUT2D eigenvalue weighted by molar-refractivity contribution is 7.98. The minimum atomic E-state index is 0.508. The van der Waals surface area contributed by atoms with Crippen LogP contribution in [0.15, 0.2) is 41.6 Å². The van der Waals surface area contributed by atoms with E-state index in [9.17, 15) is 0 Å². The van der Waals surface area contributed by atoms with Gasteiger partial charge in [-0.15, -0.1) is 5.10 Å². The van der Waals surface area contributed by atoms with Crippen LogP contribution in [0.1, 0.15) is 5.56 Å². The number of hydrogen-bond donors (Lipinski definition) is 0. The predicted octanol–water partition coefficient (Wildman–Crippen LogP) is 3.39. The molecule has 2 aromatic carbocycles. The minimum Gasteiger partial charge on any atom is -0.494 e. The quantitative estimate of drug-likeness (QED) is 0.618. The standard InChI is InChI=1S/C17H15ClN4O3S/c1-23-14-5-3-2-4-13(14)22-17(19-20-21-22)26-10-11-8-12(18)16-15(9-11)24-6-7-25-16/h2-5,8-9H,6-7,10H2,1H3. The van der Waals surface area contributed by atoms with E-state index in [0.29, 0.717) is 46.4 Å². The summed E-state index contributed by atoms with van der Waals surface area (Å²) in [6.07, 6.45) is 0. The van der Waals surface area contributed by atoms with Crippen molar-refractivity contribution < 1.29 is 14.2 Å². The summed E-state index contributed by atoms with van der Waals surface area (Å²) in [6.45, 7) is 1.03. The summed E-state index contributed by atoms with van der Waals surface area (Å²) in [4.78, 5) is 0. The molecule has 134 valence electrons. The number of thioether (sulfide) groups is 1. The molecule has 1 aliphatic rings. The molecular formula is C17H15ClN4O3S. The van der Waals surface area contributed by atoms with Gasteiger partial charge in [0.2, 0.25) is 5.16 Å². The van der Waals surface area contributed by atoms with Gasteiger partial charge in [0.1, 0.15) is 24.7 Å². The zero-order chi connectivity index (χ0) is 17.9. The molecule has 0 saturated carbocycles. The fourth-order valence-electron chi connectivity index (χ4n) is 2.62. The third-order valence-corrected chi connectivity index (χ3v) is 5.05. The molecule has 0 saturated heterocycles. The highest BCUT2D eigenvalue weighted by atomic mass is 35.5. The van der Waals surface area contributed by atoms with Crippen molar-refractivity contribution in [1.82, 2.24) is 20.2 Å². The zero-order valence-electron chi connectivity index (χ0n) is 13.9. The lowest BCUT2D eigenvalue weighted by Gasteiger charge is -2.20. The molecule has 0 atom stereocenters. The molecule has 9 heteroatoms. The normalized spacial score (nSPS) is 12.8. The minimum absolute atomic E-state index is 0.508. The van der Waals surface area contributed by atoms with Gasteiger partial charge in [0, 0.05) is 5.75 Å². The van der Waals surface area contributed by atoms with Crippen LogP contribution in [0, 0.1) is 0 Å². The van der Waals surface area contributed by atoms with Crippen molar-refractivity contribution in [1.29, 1.82) is 0 Å². The summed E-state index contributed by atoms with van der Waals surface area (Å²) < 4.78 is 18.2. The smallest absolute Gasteiger partial charge is 0.214 e. The Morgan fingerprint density at radius 3 is 2.96 bits per heavy atom. The van der Waals surface area contributed by atoms with E-state index in [1.54, 1.807) is 11.8 Å². The second-order valence-electron chi connectivity index (χ2n) is 5.44. The average molecular weight is 391 g/mol. The Morgan fingerprint density at radius 1 is 1.23 bits per heavy atom. The summed E-state index contributed by atoms with van der Waals surface area (Å²) >= 11 is 7.79. The molecule has 3 aromatic rings. The van der Waals surface area contributed by atoms with Crippen LogP contribution >= 0.6 is 23.4 Å². The highest BCUT2D eigenvalue weighted by Gasteiger charge is 2.18. The number of methoxy groups -OCH3 is 1. The molecule has 0 amide bonds. The van der Waals surface area contributed by atoms with E-state index in [1.165, 1.54) is 11.8 Å². The Bertz CT molecular complexity index is 934. The molecule has 0 spiro atoms. The number of benzene rings is 2. The van der Waals surface area contributed by atoms with Crippen molar-refractivity contribution in [3.63, 3.8) is 0 Å². The zero-order valence-corrected chi connectivity index (χ0v) is 15.5. The summed E-state index contributed by atoms with van der Waals surface area (Å²) in [6, 6.07) is 11.4. The van der Waals surface area contributed by atoms with E-state index >= 15 is 0 Å². The molecule has 0 aliphatic carbocycles. The van der Waals surface area contributed by atoms with E-state index in [1.807, 2.05) is 36.4 Å². The van der Waals surface area contributed by atoms with Crippen molar-refractivity contribution in [3.8, 4) is 22.9 Å². The topological polar surface area (TPSA) is 71.3 Å². The van der Waals surface area contributed by atoms with Gasteiger partial charge in [0.25, 0.3) is 0 Å². The Labute approximate surface area is 159 Å². The molecule has 0 N–H and O–H groups in total. The van der Waals surface area contributed by atoms with Gasteiger partial charge in [-0.2, -0.15) is 4.68 Å². The van der Waals surface area contributed by atoms with Gasteiger partial charge in [-0.05, 0) is 40.3 Å². The lowest BCUT2D eigenvalue weighted by molar-refractivity contribution is 0.171. The number of aromatic nitrogens is 4. The molecular weight excluding hydrogens is 376 g/mol. The van der Waals surface area contributed by atoms with Crippen LogP contribution in [0.4, 0.5) is 0 Å². The molecule has 0 unspecified atom stereocenters. The third-order valence-electron chi connectivity index (χ3n) is 3.78. The molecule has 7 nitrogen and oxygen atoms in total. The lowest BCUT2D eigenvalue weighted by atomic mass is 10.2. The van der Waals surface area contributed by atoms with E-state index in [2.05, 4.69) is 15.5 Å². The van der Waals surface area contributed by atoms with Crippen LogP contribution in [-0.4, -0.2) is 40.5 Å². The van der Waals surface area contributed by atoms with Crippen molar-refractivity contribution in [2.24, 2.45) is 0 Å². The second kappa shape index (κ2) is 7.43. The molecule has 0 radical (unpaired) electrons. The number of para-hydroxylation sites is 2. The molecule has 1 aromatic heterocycles. The summed E-state index contributed by atoms with van der Waals surface area (Å²) in [5.74, 6) is 2.60. The Balaban J connectivity index is 1.57. The highest BCUT2D eigenvalue weighted by Crippen LogP contribution is 2.39. The van der Waals surface area contributed by atoms with E-state index in [-0.39, 0.29) is 0 Å². The van der Waals surface area contributed by atoms with Gasteiger partial charge in [-0.25, -0.2) is 0 Å². The number of fused-ring (bicyclic) bond motifs is 1. The maximum atomic E-state index is 6.30. The Hall–Kier alpha value is -2.45. The molecule has 2 heterocycles. The predicted molar refractivity (Wildman–Crippen MR) is 97.7 cm³/mol. The van der Waals surface area contributed by atoms with Crippen LogP contribution in [0.5, 0.6) is 17.2 Å². The Morgan fingerprint density at radius 2 is 2.08 bits per heavy atom. The van der Waals surface area contributed by atoms with E-state index < -0.39 is 0 Å². The summed E-state index contributed by atoms with van der Waals surface area (Å²) in [5, 5.41) is 13.2. The fourth-order valence-corrected chi connectivity index (χ4v) is 3.72. The summed E-state index contributed by atoms with van der Waals surface area (Å²) in [7, 11) is 1.62. The van der Waals surface area contributed by atoms with Crippen molar-refractivity contribution in [2.45, 2.75) is 10.9 Å². The Kier molecular flexibility index (Phi) is 4.85. The molecule has 26 heavy (non-hydrogen) atoms. The largest absolute Gasteiger partial charge is 0.494 e. The SMILES string of the molecule is COc1ccccc1-n1nnnc1SCc1cc(Cl)c2c(c1)OCCO2. The lowest BCUT2D eigenvalue weighted by Crippen LogP contribution is -2.15. The first-order valence-corrected chi connectivity index (χ1v) is 9.25. The number of halogens is 1. The molecule has 0 bridgehead atoms. The van der Waals surface area contributed by atoms with Gasteiger partial charge >= 0.3 is 0 Å². The van der Waals surface area contributed by atoms with Crippen LogP contribution in [0.25, 0.3) is 5.69 Å². The van der Waals surface area contributed by atoms with Crippen LogP contribution in [0.2, 0.25) is 5.02 Å². The number of rotatable bonds is 5. The molecule has 0 fully saturated rings. The maximum absolute atomic E-state index is 6.30. The van der Waals surface area contributed by atoms with E-state index in [0.717, 1.165) is 11.3 Å². The van der Waals surface area contributed by atoms with Crippen molar-refractivity contribution >= 4 is 23.4 Å². The van der Waals surface area contributed by atoms with Crippen molar-refractivity contribution in [2.75, 3.05) is 20.3 Å². The first-order valence-electron chi connectivity index (χ1n) is 7.89. The fraction of sp³-hybridized carbons (Fsp3) is 0.235. The van der Waals surface area contributed by atoms with Crippen LogP contribution in [0.3, 0.4) is 0 Å². The average Bonchev–Trinajstić information content (AvgIpc) is 3.15. The number of nitrogens with zero attached hydrogens (tertiary/aromatic N) is 4. The van der Waals surface area contributed by atoms with Gasteiger partial charge in [-0.3, -0.25) is 0 Å². The number of hydrogen-bond acceptors (Lipinski definition) is 7. The third kappa shape index (κ3) is 3.30. The first-order chi connectivity index (χ1) is 12.8.